The summed E-state index contributed by atoms with van der Waals surface area (Å²) in [4.78, 5) is 23.2. The molecule has 1 fully saturated rings. The van der Waals surface area contributed by atoms with Crippen LogP contribution in [-0.4, -0.2) is 30.2 Å². The highest BCUT2D eigenvalue weighted by atomic mass is 19.3. The summed E-state index contributed by atoms with van der Waals surface area (Å²) in [6.07, 6.45) is 1.38. The molecule has 144 valence electrons. The number of carbonyl (C=O) groups is 2. The van der Waals surface area contributed by atoms with Gasteiger partial charge in [0, 0.05) is 12.0 Å². The molecule has 0 radical (unpaired) electrons. The lowest BCUT2D eigenvalue weighted by Gasteiger charge is -2.25. The van der Waals surface area contributed by atoms with Crippen LogP contribution in [0.1, 0.15) is 25.7 Å². The minimum absolute atomic E-state index is 0.114. The van der Waals surface area contributed by atoms with Gasteiger partial charge in [-0.25, -0.2) is 0 Å². The first-order chi connectivity index (χ1) is 12.3. The molecule has 2 rings (SSSR count). The van der Waals surface area contributed by atoms with Crippen molar-refractivity contribution in [1.82, 2.24) is 0 Å². The van der Waals surface area contributed by atoms with E-state index in [1.165, 1.54) is 0 Å². The zero-order valence-corrected chi connectivity index (χ0v) is 13.5. The van der Waals surface area contributed by atoms with Crippen molar-refractivity contribution in [2.45, 2.75) is 38.9 Å². The van der Waals surface area contributed by atoms with Gasteiger partial charge < -0.3 is 19.9 Å². The number of amides is 1. The summed E-state index contributed by atoms with van der Waals surface area (Å²) in [6.45, 7) is -6.36. The predicted molar refractivity (Wildman–Crippen MR) is 81.4 cm³/mol. The summed E-state index contributed by atoms with van der Waals surface area (Å²) in [5.41, 5.74) is -0.114. The molecule has 0 heterocycles. The second-order valence-electron chi connectivity index (χ2n) is 5.79. The number of alkyl halides is 4. The van der Waals surface area contributed by atoms with Crippen molar-refractivity contribution < 1.29 is 41.7 Å². The average Bonchev–Trinajstić information content (AvgIpc) is 2.56. The molecule has 0 spiro atoms. The fourth-order valence-corrected chi connectivity index (χ4v) is 2.81. The van der Waals surface area contributed by atoms with E-state index in [0.717, 1.165) is 18.2 Å². The van der Waals surface area contributed by atoms with Crippen molar-refractivity contribution in [1.29, 1.82) is 0 Å². The third kappa shape index (κ3) is 5.50. The smallest absolute Gasteiger partial charge is 0.387 e. The lowest BCUT2D eigenvalue weighted by atomic mass is 9.81. The van der Waals surface area contributed by atoms with E-state index in [-0.39, 0.29) is 5.69 Å². The van der Waals surface area contributed by atoms with Crippen LogP contribution in [0.5, 0.6) is 11.5 Å². The van der Waals surface area contributed by atoms with Crippen LogP contribution in [0, 0.1) is 11.8 Å². The number of hydrogen-bond donors (Lipinski definition) is 2. The first kappa shape index (κ1) is 19.8. The number of aliphatic carboxylic acids is 1. The van der Waals surface area contributed by atoms with Crippen LogP contribution in [0.15, 0.2) is 18.2 Å². The number of hydrogen-bond acceptors (Lipinski definition) is 4. The highest BCUT2D eigenvalue weighted by Crippen LogP contribution is 2.34. The SMILES string of the molecule is O=C(O)C1CCC(C(=O)Nc2ccc(OC(F)F)cc2OC(F)F)CC1. The molecule has 1 amide bonds. The van der Waals surface area contributed by atoms with Gasteiger partial charge in [-0.3, -0.25) is 9.59 Å². The van der Waals surface area contributed by atoms with Crippen LogP contribution in [0.4, 0.5) is 23.2 Å². The zero-order chi connectivity index (χ0) is 19.3. The second kappa shape index (κ2) is 8.72. The number of anilines is 1. The van der Waals surface area contributed by atoms with E-state index < -0.39 is 48.4 Å². The maximum atomic E-state index is 12.5. The van der Waals surface area contributed by atoms with Crippen molar-refractivity contribution >= 4 is 17.6 Å². The average molecular weight is 379 g/mol. The van der Waals surface area contributed by atoms with Gasteiger partial charge in [-0.1, -0.05) is 0 Å². The topological polar surface area (TPSA) is 84.9 Å². The number of carboxylic acid groups (broad SMARTS) is 1. The number of nitrogens with one attached hydrogen (secondary N) is 1. The summed E-state index contributed by atoms with van der Waals surface area (Å²) in [5.74, 6) is -3.26. The Kier molecular flexibility index (Phi) is 6.64. The molecule has 0 unspecified atom stereocenters. The van der Waals surface area contributed by atoms with Crippen LogP contribution in [0.2, 0.25) is 0 Å². The summed E-state index contributed by atoms with van der Waals surface area (Å²) >= 11 is 0. The maximum absolute atomic E-state index is 12.5. The Balaban J connectivity index is 2.07. The summed E-state index contributed by atoms with van der Waals surface area (Å²) in [7, 11) is 0. The molecule has 1 aliphatic carbocycles. The molecule has 6 nitrogen and oxygen atoms in total. The van der Waals surface area contributed by atoms with Gasteiger partial charge in [-0.05, 0) is 37.8 Å². The van der Waals surface area contributed by atoms with E-state index in [9.17, 15) is 27.2 Å². The van der Waals surface area contributed by atoms with E-state index in [4.69, 9.17) is 5.11 Å². The predicted octanol–water partition coefficient (Wildman–Crippen LogP) is 3.72. The zero-order valence-electron chi connectivity index (χ0n) is 13.5. The number of carbonyl (C=O) groups excluding carboxylic acids is 1. The minimum atomic E-state index is -3.22. The van der Waals surface area contributed by atoms with Gasteiger partial charge in [0.05, 0.1) is 11.6 Å². The second-order valence-corrected chi connectivity index (χ2v) is 5.79. The molecular weight excluding hydrogens is 362 g/mol. The molecular formula is C16H17F4NO5. The normalized spacial score (nSPS) is 20.1. The van der Waals surface area contributed by atoms with Gasteiger partial charge in [0.15, 0.2) is 5.75 Å². The van der Waals surface area contributed by atoms with Crippen LogP contribution in [0.25, 0.3) is 0 Å². The Labute approximate surface area is 146 Å². The van der Waals surface area contributed by atoms with Crippen LogP contribution in [0.3, 0.4) is 0 Å². The fraction of sp³-hybridized carbons (Fsp3) is 0.500. The molecule has 0 atom stereocenters. The molecule has 1 aliphatic rings. The standard InChI is InChI=1S/C16H17F4NO5/c17-15(18)25-10-5-6-11(12(7-10)26-16(19)20)21-13(22)8-1-3-9(4-2-8)14(23)24/h5-9,15-16H,1-4H2,(H,21,22)(H,23,24). The Bertz CT molecular complexity index is 648. The molecule has 0 aliphatic heterocycles. The van der Waals surface area contributed by atoms with E-state index in [2.05, 4.69) is 14.8 Å². The van der Waals surface area contributed by atoms with Crippen LogP contribution in [-0.2, 0) is 9.59 Å². The number of benzene rings is 1. The van der Waals surface area contributed by atoms with Crippen molar-refractivity contribution in [3.05, 3.63) is 18.2 Å². The third-order valence-corrected chi connectivity index (χ3v) is 4.10. The van der Waals surface area contributed by atoms with Gasteiger partial charge in [0.1, 0.15) is 5.75 Å². The fourth-order valence-electron chi connectivity index (χ4n) is 2.81. The Morgan fingerprint density at radius 1 is 1.00 bits per heavy atom. The van der Waals surface area contributed by atoms with Crippen molar-refractivity contribution in [3.63, 3.8) is 0 Å². The highest BCUT2D eigenvalue weighted by Gasteiger charge is 2.30. The van der Waals surface area contributed by atoms with Crippen LogP contribution < -0.4 is 14.8 Å². The number of rotatable bonds is 7. The Hall–Kier alpha value is -2.52. The number of carboxylic acids is 1. The lowest BCUT2D eigenvalue weighted by molar-refractivity contribution is -0.143. The van der Waals surface area contributed by atoms with E-state index in [1.807, 2.05) is 0 Å². The van der Waals surface area contributed by atoms with Gasteiger partial charge in [-0.2, -0.15) is 17.6 Å². The van der Waals surface area contributed by atoms with Gasteiger partial charge in [0.25, 0.3) is 0 Å². The maximum Gasteiger partial charge on any atom is 0.387 e. The molecule has 26 heavy (non-hydrogen) atoms. The third-order valence-electron chi connectivity index (χ3n) is 4.10. The van der Waals surface area contributed by atoms with Gasteiger partial charge in [0.2, 0.25) is 5.91 Å². The van der Waals surface area contributed by atoms with Gasteiger partial charge >= 0.3 is 19.2 Å². The molecule has 1 saturated carbocycles. The molecule has 0 aromatic heterocycles. The summed E-state index contributed by atoms with van der Waals surface area (Å²) in [6, 6.07) is 3.03. The molecule has 10 heteroatoms. The first-order valence-corrected chi connectivity index (χ1v) is 7.83. The highest BCUT2D eigenvalue weighted by molar-refractivity contribution is 5.94. The number of ether oxygens (including phenoxy) is 2. The van der Waals surface area contributed by atoms with Crippen molar-refractivity contribution in [2.75, 3.05) is 5.32 Å². The first-order valence-electron chi connectivity index (χ1n) is 7.83. The summed E-state index contributed by atoms with van der Waals surface area (Å²) < 4.78 is 57.9. The Morgan fingerprint density at radius 3 is 2.12 bits per heavy atom. The van der Waals surface area contributed by atoms with Crippen LogP contribution >= 0.6 is 0 Å². The quantitative estimate of drug-likeness (QED) is 0.706. The van der Waals surface area contributed by atoms with E-state index in [0.29, 0.717) is 25.7 Å². The van der Waals surface area contributed by atoms with Gasteiger partial charge in [-0.15, -0.1) is 0 Å². The van der Waals surface area contributed by atoms with Crippen molar-refractivity contribution in [3.8, 4) is 11.5 Å². The van der Waals surface area contributed by atoms with E-state index >= 15 is 0 Å². The molecule has 1 aromatic rings. The lowest BCUT2D eigenvalue weighted by Crippen LogP contribution is -2.29. The Morgan fingerprint density at radius 2 is 1.58 bits per heavy atom. The number of halogens is 4. The van der Waals surface area contributed by atoms with E-state index in [1.54, 1.807) is 0 Å². The molecule has 0 bridgehead atoms. The van der Waals surface area contributed by atoms with Crippen molar-refractivity contribution in [2.24, 2.45) is 11.8 Å². The molecule has 0 saturated heterocycles. The molecule has 2 N–H and O–H groups in total. The molecule has 1 aromatic carbocycles. The monoisotopic (exact) mass is 379 g/mol. The minimum Gasteiger partial charge on any atom is -0.481 e. The summed E-state index contributed by atoms with van der Waals surface area (Å²) in [5, 5.41) is 11.4. The largest absolute Gasteiger partial charge is 0.481 e.